The minimum Gasteiger partial charge on any atom is -0.379 e. The van der Waals surface area contributed by atoms with Crippen LogP contribution in [0.3, 0.4) is 0 Å². The molecule has 0 aromatic carbocycles. The Morgan fingerprint density at radius 2 is 2.18 bits per heavy atom. The van der Waals surface area contributed by atoms with Crippen molar-refractivity contribution in [2.24, 2.45) is 5.73 Å². The third-order valence-corrected chi connectivity index (χ3v) is 1.79. The van der Waals surface area contributed by atoms with Gasteiger partial charge in [0.25, 0.3) is 0 Å². The largest absolute Gasteiger partial charge is 0.379 e. The zero-order chi connectivity index (χ0) is 8.85. The van der Waals surface area contributed by atoms with E-state index < -0.39 is 0 Å². The van der Waals surface area contributed by atoms with E-state index in [1.54, 1.807) is 14.1 Å². The predicted molar refractivity (Wildman–Crippen MR) is 47.7 cm³/mol. The van der Waals surface area contributed by atoms with Crippen molar-refractivity contribution in [3.05, 3.63) is 0 Å². The number of amidine groups is 1. The Hall–Kier alpha value is -0.710. The minimum atomic E-state index is 0.0663. The van der Waals surface area contributed by atoms with E-state index in [4.69, 9.17) is 11.1 Å². The molecule has 0 rings (SSSR count). The van der Waals surface area contributed by atoms with Crippen molar-refractivity contribution in [2.45, 2.75) is 6.42 Å². The molecule has 1 amide bonds. The van der Waals surface area contributed by atoms with Crippen LogP contribution in [0, 0.1) is 5.41 Å². The molecule has 0 atom stereocenters. The lowest BCUT2D eigenvalue weighted by molar-refractivity contribution is -0.128. The molecule has 0 aromatic heterocycles. The second-order valence-electron chi connectivity index (χ2n) is 2.25. The summed E-state index contributed by atoms with van der Waals surface area (Å²) in [5.41, 5.74) is 5.08. The average Bonchev–Trinajstić information content (AvgIpc) is 1.86. The Morgan fingerprint density at radius 3 is 2.55 bits per heavy atom. The van der Waals surface area contributed by atoms with E-state index in [9.17, 15) is 4.79 Å². The average molecular weight is 175 g/mol. The zero-order valence-electron chi connectivity index (χ0n) is 6.76. The molecule has 0 aliphatic heterocycles. The molecule has 3 N–H and O–H groups in total. The van der Waals surface area contributed by atoms with Crippen LogP contribution in [-0.2, 0) is 4.79 Å². The molecule has 0 saturated heterocycles. The molecule has 4 nitrogen and oxygen atoms in total. The highest BCUT2D eigenvalue weighted by atomic mass is 32.2. The summed E-state index contributed by atoms with van der Waals surface area (Å²) in [4.78, 5) is 12.5. The van der Waals surface area contributed by atoms with E-state index in [1.807, 2.05) is 0 Å². The van der Waals surface area contributed by atoms with Crippen LogP contribution in [0.5, 0.6) is 0 Å². The summed E-state index contributed by atoms with van der Waals surface area (Å²) in [6.45, 7) is 0. The molecule has 0 radical (unpaired) electrons. The smallest absolute Gasteiger partial charge is 0.222 e. The molecule has 0 aromatic rings. The van der Waals surface area contributed by atoms with E-state index in [1.165, 1.54) is 16.7 Å². The van der Waals surface area contributed by atoms with Crippen LogP contribution in [-0.4, -0.2) is 35.8 Å². The number of rotatable bonds is 3. The van der Waals surface area contributed by atoms with E-state index in [-0.39, 0.29) is 11.1 Å². The van der Waals surface area contributed by atoms with Crippen LogP contribution in [0.2, 0.25) is 0 Å². The lowest BCUT2D eigenvalue weighted by Crippen LogP contribution is -2.22. The third-order valence-electron chi connectivity index (χ3n) is 1.07. The molecule has 0 heterocycles. The van der Waals surface area contributed by atoms with Gasteiger partial charge in [-0.3, -0.25) is 10.2 Å². The molecular formula is C6H13N3OS. The Kier molecular flexibility index (Phi) is 4.69. The minimum absolute atomic E-state index is 0.0663. The molecule has 11 heavy (non-hydrogen) atoms. The van der Waals surface area contributed by atoms with Gasteiger partial charge in [0.2, 0.25) is 5.91 Å². The lowest BCUT2D eigenvalue weighted by Gasteiger charge is -2.08. The van der Waals surface area contributed by atoms with Crippen molar-refractivity contribution in [2.75, 3.05) is 19.8 Å². The van der Waals surface area contributed by atoms with Gasteiger partial charge in [0.05, 0.1) is 0 Å². The first-order chi connectivity index (χ1) is 5.04. The van der Waals surface area contributed by atoms with Gasteiger partial charge >= 0.3 is 0 Å². The fourth-order valence-corrected chi connectivity index (χ4v) is 0.969. The molecular weight excluding hydrogens is 162 g/mol. The Bertz CT molecular complexity index is 158. The second-order valence-corrected chi connectivity index (χ2v) is 3.39. The van der Waals surface area contributed by atoms with E-state index >= 15 is 0 Å². The summed E-state index contributed by atoms with van der Waals surface area (Å²) in [7, 11) is 3.42. The van der Waals surface area contributed by atoms with Gasteiger partial charge in [-0.15, -0.1) is 0 Å². The molecule has 0 spiro atoms. The van der Waals surface area contributed by atoms with Crippen molar-refractivity contribution in [3.8, 4) is 0 Å². The normalized spacial score (nSPS) is 9.27. The molecule has 0 aliphatic rings. The monoisotopic (exact) mass is 175 g/mol. The summed E-state index contributed by atoms with van der Waals surface area (Å²) >= 11 is 1.19. The number of hydrogen-bond acceptors (Lipinski definition) is 3. The van der Waals surface area contributed by atoms with Gasteiger partial charge < -0.3 is 10.6 Å². The lowest BCUT2D eigenvalue weighted by atomic mass is 10.4. The van der Waals surface area contributed by atoms with Crippen LogP contribution in [0.1, 0.15) is 6.42 Å². The van der Waals surface area contributed by atoms with Gasteiger partial charge in [-0.1, -0.05) is 11.8 Å². The molecule has 0 saturated carbocycles. The quantitative estimate of drug-likeness (QED) is 0.472. The summed E-state index contributed by atoms with van der Waals surface area (Å²) in [5.74, 6) is 0.658. The number of thioether (sulfide) groups is 1. The molecule has 64 valence electrons. The first-order valence-electron chi connectivity index (χ1n) is 3.21. The van der Waals surface area contributed by atoms with Crippen LogP contribution in [0.4, 0.5) is 0 Å². The highest BCUT2D eigenvalue weighted by molar-refractivity contribution is 8.13. The second kappa shape index (κ2) is 5.01. The SMILES string of the molecule is CN(C)C(=O)CCSC(=N)N. The summed E-state index contributed by atoms with van der Waals surface area (Å²) in [6.07, 6.45) is 0.442. The fourth-order valence-electron chi connectivity index (χ4n) is 0.472. The molecule has 0 bridgehead atoms. The van der Waals surface area contributed by atoms with Crippen LogP contribution in [0.25, 0.3) is 0 Å². The number of nitrogens with zero attached hydrogens (tertiary/aromatic N) is 1. The molecule has 0 fully saturated rings. The standard InChI is InChI=1S/C6H13N3OS/c1-9(2)5(10)3-4-11-6(7)8/h3-4H2,1-2H3,(H3,7,8). The number of carbonyl (C=O) groups is 1. The molecule has 5 heteroatoms. The topological polar surface area (TPSA) is 70.2 Å². The summed E-state index contributed by atoms with van der Waals surface area (Å²) in [5, 5.41) is 6.93. The maximum absolute atomic E-state index is 10.9. The van der Waals surface area contributed by atoms with Gasteiger partial charge in [-0.2, -0.15) is 0 Å². The molecule has 0 aliphatic carbocycles. The maximum atomic E-state index is 10.9. The van der Waals surface area contributed by atoms with Crippen molar-refractivity contribution in [1.82, 2.24) is 4.90 Å². The Morgan fingerprint density at radius 1 is 1.64 bits per heavy atom. The summed E-state index contributed by atoms with van der Waals surface area (Å²) < 4.78 is 0. The molecule has 0 unspecified atom stereocenters. The first-order valence-corrected chi connectivity index (χ1v) is 4.19. The van der Waals surface area contributed by atoms with E-state index in [2.05, 4.69) is 0 Å². The number of hydrogen-bond donors (Lipinski definition) is 2. The van der Waals surface area contributed by atoms with E-state index in [0.717, 1.165) is 0 Å². The van der Waals surface area contributed by atoms with E-state index in [0.29, 0.717) is 12.2 Å². The van der Waals surface area contributed by atoms with Gasteiger partial charge in [-0.05, 0) is 0 Å². The Balaban J connectivity index is 3.39. The van der Waals surface area contributed by atoms with Crippen LogP contribution >= 0.6 is 11.8 Å². The highest BCUT2D eigenvalue weighted by Gasteiger charge is 2.02. The van der Waals surface area contributed by atoms with Gasteiger partial charge in [-0.25, -0.2) is 0 Å². The third kappa shape index (κ3) is 5.72. The number of amides is 1. The van der Waals surface area contributed by atoms with Gasteiger partial charge in [0.15, 0.2) is 5.17 Å². The van der Waals surface area contributed by atoms with Crippen LogP contribution in [0.15, 0.2) is 0 Å². The number of nitrogens with two attached hydrogens (primary N) is 1. The first kappa shape index (κ1) is 10.3. The zero-order valence-corrected chi connectivity index (χ0v) is 7.57. The Labute approximate surface area is 70.6 Å². The van der Waals surface area contributed by atoms with Crippen molar-refractivity contribution in [3.63, 3.8) is 0 Å². The summed E-state index contributed by atoms with van der Waals surface area (Å²) in [6, 6.07) is 0. The highest BCUT2D eigenvalue weighted by Crippen LogP contribution is 2.01. The van der Waals surface area contributed by atoms with Gasteiger partial charge in [0, 0.05) is 26.3 Å². The van der Waals surface area contributed by atoms with Crippen LogP contribution < -0.4 is 5.73 Å². The van der Waals surface area contributed by atoms with Crippen molar-refractivity contribution in [1.29, 1.82) is 5.41 Å². The van der Waals surface area contributed by atoms with Crippen molar-refractivity contribution >= 4 is 22.8 Å². The number of nitrogens with one attached hydrogen (secondary N) is 1. The maximum Gasteiger partial charge on any atom is 0.222 e. The predicted octanol–water partition coefficient (Wildman–Crippen LogP) is 0.0914. The van der Waals surface area contributed by atoms with Crippen molar-refractivity contribution < 1.29 is 4.79 Å². The van der Waals surface area contributed by atoms with Gasteiger partial charge in [0.1, 0.15) is 0 Å². The fraction of sp³-hybridized carbons (Fsp3) is 0.667. The number of carbonyl (C=O) groups excluding carboxylic acids is 1.